The minimum atomic E-state index is -0.889. The Morgan fingerprint density at radius 3 is 1.95 bits per heavy atom. The Labute approximate surface area is 131 Å². The summed E-state index contributed by atoms with van der Waals surface area (Å²) < 4.78 is 10.9. The van der Waals surface area contributed by atoms with Crippen LogP contribution < -0.4 is 15.2 Å². The zero-order valence-corrected chi connectivity index (χ0v) is 13.5. The van der Waals surface area contributed by atoms with E-state index in [1.165, 1.54) is 0 Å². The van der Waals surface area contributed by atoms with Gasteiger partial charge in [0, 0.05) is 12.1 Å². The maximum absolute atomic E-state index is 11.2. The summed E-state index contributed by atoms with van der Waals surface area (Å²) in [4.78, 5) is 11.2. The van der Waals surface area contributed by atoms with Gasteiger partial charge in [-0.05, 0) is 38.0 Å². The van der Waals surface area contributed by atoms with Gasteiger partial charge in [0.2, 0.25) is 0 Å². The second kappa shape index (κ2) is 9.47. The van der Waals surface area contributed by atoms with Crippen LogP contribution in [0.5, 0.6) is 11.5 Å². The molecule has 0 aliphatic rings. The van der Waals surface area contributed by atoms with Crippen molar-refractivity contribution in [3.05, 3.63) is 23.8 Å². The van der Waals surface area contributed by atoms with Gasteiger partial charge in [0.15, 0.2) is 0 Å². The van der Waals surface area contributed by atoms with Crippen LogP contribution >= 0.6 is 12.4 Å². The minimum absolute atomic E-state index is 0. The summed E-state index contributed by atoms with van der Waals surface area (Å²) in [6.45, 7) is 6.65. The lowest BCUT2D eigenvalue weighted by Crippen LogP contribution is -2.27. The van der Waals surface area contributed by atoms with Crippen molar-refractivity contribution in [2.45, 2.75) is 33.2 Å². The van der Waals surface area contributed by atoms with E-state index >= 15 is 0 Å². The van der Waals surface area contributed by atoms with E-state index in [2.05, 4.69) is 0 Å². The Bertz CT molecular complexity index is 429. The zero-order chi connectivity index (χ0) is 15.1. The third kappa shape index (κ3) is 5.44. The number of nitrogens with two attached hydrogens (primary N) is 1. The van der Waals surface area contributed by atoms with Gasteiger partial charge in [0.05, 0.1) is 19.1 Å². The van der Waals surface area contributed by atoms with Gasteiger partial charge in [0.25, 0.3) is 0 Å². The number of hydrogen-bond acceptors (Lipinski definition) is 4. The smallest absolute Gasteiger partial charge is 0.308 e. The number of carboxylic acids is 1. The second-order valence-electron chi connectivity index (χ2n) is 4.48. The van der Waals surface area contributed by atoms with Crippen LogP contribution in [0.4, 0.5) is 0 Å². The van der Waals surface area contributed by atoms with Gasteiger partial charge >= 0.3 is 5.97 Å². The van der Waals surface area contributed by atoms with Gasteiger partial charge in [-0.2, -0.15) is 0 Å². The van der Waals surface area contributed by atoms with E-state index in [-0.39, 0.29) is 12.4 Å². The van der Waals surface area contributed by atoms with E-state index < -0.39 is 17.9 Å². The van der Waals surface area contributed by atoms with Crippen LogP contribution in [0.2, 0.25) is 0 Å². The molecule has 0 spiro atoms. The van der Waals surface area contributed by atoms with Crippen LogP contribution in [0, 0.1) is 5.92 Å². The molecule has 120 valence electrons. The van der Waals surface area contributed by atoms with Crippen LogP contribution in [0.1, 0.15) is 38.8 Å². The quantitative estimate of drug-likeness (QED) is 0.770. The lowest BCUT2D eigenvalue weighted by molar-refractivity contribution is -0.142. The van der Waals surface area contributed by atoms with Crippen molar-refractivity contribution < 1.29 is 19.4 Å². The number of carboxylic acid groups (broad SMARTS) is 1. The fourth-order valence-electron chi connectivity index (χ4n) is 2.10. The highest BCUT2D eigenvalue weighted by Crippen LogP contribution is 2.30. The third-order valence-corrected chi connectivity index (χ3v) is 3.10. The van der Waals surface area contributed by atoms with E-state index in [1.807, 2.05) is 20.8 Å². The molecule has 6 heteroatoms. The molecule has 2 atom stereocenters. The number of aliphatic carboxylic acids is 1. The fraction of sp³-hybridized carbons (Fsp3) is 0.533. The van der Waals surface area contributed by atoms with Crippen molar-refractivity contribution in [2.24, 2.45) is 11.7 Å². The molecule has 5 nitrogen and oxygen atoms in total. The van der Waals surface area contributed by atoms with Crippen LogP contribution in [-0.2, 0) is 4.79 Å². The number of benzene rings is 1. The molecule has 1 rings (SSSR count). The minimum Gasteiger partial charge on any atom is -0.494 e. The topological polar surface area (TPSA) is 81.8 Å². The maximum Gasteiger partial charge on any atom is 0.308 e. The Morgan fingerprint density at radius 2 is 1.62 bits per heavy atom. The molecule has 0 amide bonds. The normalized spacial score (nSPS) is 13.0. The highest BCUT2D eigenvalue weighted by atomic mass is 35.5. The molecule has 0 bridgehead atoms. The van der Waals surface area contributed by atoms with Crippen LogP contribution in [-0.4, -0.2) is 24.3 Å². The monoisotopic (exact) mass is 317 g/mol. The average Bonchev–Trinajstić information content (AvgIpc) is 2.39. The summed E-state index contributed by atoms with van der Waals surface area (Å²) in [5.41, 5.74) is 6.81. The lowest BCUT2D eigenvalue weighted by atomic mass is 9.91. The molecule has 21 heavy (non-hydrogen) atoms. The molecule has 3 N–H and O–H groups in total. The van der Waals surface area contributed by atoms with Gasteiger partial charge in [-0.25, -0.2) is 0 Å². The van der Waals surface area contributed by atoms with E-state index in [9.17, 15) is 9.90 Å². The standard InChI is InChI=1S/C15H23NO4.ClH/c1-4-13(15(17)18)14(16)10-7-11(19-5-2)9-12(8-10)20-6-3;/h7-9,13-14H,4-6,16H2,1-3H3,(H,17,18);1H. The van der Waals surface area contributed by atoms with E-state index in [4.69, 9.17) is 15.2 Å². The van der Waals surface area contributed by atoms with Crippen molar-refractivity contribution >= 4 is 18.4 Å². The van der Waals surface area contributed by atoms with Crippen molar-refractivity contribution in [1.29, 1.82) is 0 Å². The number of ether oxygens (including phenoxy) is 2. The first-order valence-electron chi connectivity index (χ1n) is 6.92. The summed E-state index contributed by atoms with van der Waals surface area (Å²) in [5.74, 6) is -0.227. The van der Waals surface area contributed by atoms with Gasteiger partial charge in [0.1, 0.15) is 11.5 Å². The molecule has 0 aliphatic carbocycles. The molecule has 0 heterocycles. The Kier molecular flexibility index (Phi) is 8.81. The maximum atomic E-state index is 11.2. The Morgan fingerprint density at radius 1 is 1.14 bits per heavy atom. The first kappa shape index (κ1) is 19.5. The first-order valence-corrected chi connectivity index (χ1v) is 6.92. The van der Waals surface area contributed by atoms with Crippen molar-refractivity contribution in [2.75, 3.05) is 13.2 Å². The van der Waals surface area contributed by atoms with Gasteiger partial charge in [-0.15, -0.1) is 12.4 Å². The molecule has 0 radical (unpaired) electrons. The highest BCUT2D eigenvalue weighted by molar-refractivity contribution is 5.85. The summed E-state index contributed by atoms with van der Waals surface area (Å²) in [6.07, 6.45) is 0.472. The highest BCUT2D eigenvalue weighted by Gasteiger charge is 2.25. The summed E-state index contributed by atoms with van der Waals surface area (Å²) >= 11 is 0. The predicted molar refractivity (Wildman–Crippen MR) is 84.4 cm³/mol. The third-order valence-electron chi connectivity index (χ3n) is 3.10. The molecule has 0 saturated carbocycles. The Balaban J connectivity index is 0.00000400. The molecule has 1 aromatic rings. The molecule has 1 aromatic carbocycles. The van der Waals surface area contributed by atoms with Crippen LogP contribution in [0.3, 0.4) is 0 Å². The van der Waals surface area contributed by atoms with Gasteiger partial charge < -0.3 is 20.3 Å². The van der Waals surface area contributed by atoms with Crippen molar-refractivity contribution in [3.63, 3.8) is 0 Å². The fourth-order valence-corrected chi connectivity index (χ4v) is 2.10. The van der Waals surface area contributed by atoms with E-state index in [1.54, 1.807) is 18.2 Å². The van der Waals surface area contributed by atoms with Crippen LogP contribution in [0.15, 0.2) is 18.2 Å². The molecule has 0 fully saturated rings. The molecule has 0 saturated heterocycles. The van der Waals surface area contributed by atoms with E-state index in [0.717, 1.165) is 0 Å². The SMILES string of the molecule is CCOc1cc(OCC)cc(C(N)C(CC)C(=O)O)c1.Cl. The van der Waals surface area contributed by atoms with Crippen molar-refractivity contribution in [3.8, 4) is 11.5 Å². The van der Waals surface area contributed by atoms with E-state index in [0.29, 0.717) is 36.7 Å². The molecule has 0 aliphatic heterocycles. The molecule has 2 unspecified atom stereocenters. The summed E-state index contributed by atoms with van der Waals surface area (Å²) in [7, 11) is 0. The Hall–Kier alpha value is -1.46. The number of carbonyl (C=O) groups is 1. The lowest BCUT2D eigenvalue weighted by Gasteiger charge is -2.20. The molecule has 0 aromatic heterocycles. The number of hydrogen-bond donors (Lipinski definition) is 2. The summed E-state index contributed by atoms with van der Waals surface area (Å²) in [6, 6.07) is 4.76. The largest absolute Gasteiger partial charge is 0.494 e. The number of rotatable bonds is 8. The van der Waals surface area contributed by atoms with Gasteiger partial charge in [-0.1, -0.05) is 6.92 Å². The van der Waals surface area contributed by atoms with Gasteiger partial charge in [-0.3, -0.25) is 4.79 Å². The first-order chi connectivity index (χ1) is 9.53. The predicted octanol–water partition coefficient (Wildman–Crippen LogP) is 3.02. The molecular weight excluding hydrogens is 294 g/mol. The second-order valence-corrected chi connectivity index (χ2v) is 4.48. The molecular formula is C15H24ClNO4. The zero-order valence-electron chi connectivity index (χ0n) is 12.7. The average molecular weight is 318 g/mol. The number of halogens is 1. The summed E-state index contributed by atoms with van der Waals surface area (Å²) in [5, 5.41) is 9.21. The van der Waals surface area contributed by atoms with Crippen LogP contribution in [0.25, 0.3) is 0 Å². The van der Waals surface area contributed by atoms with Crippen molar-refractivity contribution in [1.82, 2.24) is 0 Å².